The van der Waals surface area contributed by atoms with Crippen LogP contribution < -0.4 is 11.1 Å². The predicted octanol–water partition coefficient (Wildman–Crippen LogP) is 2.49. The highest BCUT2D eigenvalue weighted by atomic mass is 16.1. The Bertz CT molecular complexity index is 308. The van der Waals surface area contributed by atoms with Crippen LogP contribution in [-0.4, -0.2) is 12.5 Å². The third-order valence-electron chi connectivity index (χ3n) is 3.23. The molecule has 1 aliphatic rings. The summed E-state index contributed by atoms with van der Waals surface area (Å²) in [6.07, 6.45) is 10.0. The number of carbonyl (C=O) groups is 1. The summed E-state index contributed by atoms with van der Waals surface area (Å²) in [5.41, 5.74) is 6.94. The van der Waals surface area contributed by atoms with E-state index in [2.05, 4.69) is 5.32 Å². The van der Waals surface area contributed by atoms with E-state index < -0.39 is 0 Å². The van der Waals surface area contributed by atoms with Gasteiger partial charge in [-0.3, -0.25) is 4.79 Å². The van der Waals surface area contributed by atoms with Gasteiger partial charge in [0, 0.05) is 17.8 Å². The van der Waals surface area contributed by atoms with Gasteiger partial charge in [0.15, 0.2) is 0 Å². The summed E-state index contributed by atoms with van der Waals surface area (Å²) < 4.78 is 0. The Morgan fingerprint density at radius 1 is 1.24 bits per heavy atom. The standard InChI is InChI=1S/C14H24N2O/c1-11(8-9-12(2)15)14(17)16-10-13-6-4-3-5-7-13/h8-9,13H,3-7,10,15H2,1-2H3,(H,16,17)/b11-8+,12-9-. The lowest BCUT2D eigenvalue weighted by molar-refractivity contribution is -0.117. The molecule has 0 aromatic carbocycles. The van der Waals surface area contributed by atoms with Gasteiger partial charge < -0.3 is 11.1 Å². The normalized spacial score (nSPS) is 19.2. The Hall–Kier alpha value is -1.25. The van der Waals surface area contributed by atoms with Gasteiger partial charge in [0.1, 0.15) is 0 Å². The molecule has 1 fully saturated rings. The summed E-state index contributed by atoms with van der Waals surface area (Å²) >= 11 is 0. The van der Waals surface area contributed by atoms with Crippen LogP contribution >= 0.6 is 0 Å². The molecule has 1 aliphatic carbocycles. The first-order chi connectivity index (χ1) is 8.09. The van der Waals surface area contributed by atoms with Gasteiger partial charge in [0.2, 0.25) is 5.91 Å². The molecule has 0 aromatic rings. The molecule has 0 spiro atoms. The Balaban J connectivity index is 2.33. The third-order valence-corrected chi connectivity index (χ3v) is 3.23. The van der Waals surface area contributed by atoms with Crippen LogP contribution in [-0.2, 0) is 4.79 Å². The van der Waals surface area contributed by atoms with Crippen molar-refractivity contribution < 1.29 is 4.79 Å². The number of allylic oxidation sites excluding steroid dienone is 3. The molecule has 96 valence electrons. The molecule has 0 aromatic heterocycles. The summed E-state index contributed by atoms with van der Waals surface area (Å²) in [5, 5.41) is 3.00. The Kier molecular flexibility index (Phi) is 5.81. The highest BCUT2D eigenvalue weighted by Gasteiger charge is 2.14. The summed E-state index contributed by atoms with van der Waals surface area (Å²) in [7, 11) is 0. The second kappa shape index (κ2) is 7.15. The number of rotatable bonds is 4. The molecule has 0 atom stereocenters. The van der Waals surface area contributed by atoms with Crippen molar-refractivity contribution in [3.8, 4) is 0 Å². The minimum Gasteiger partial charge on any atom is -0.402 e. The first-order valence-electron chi connectivity index (χ1n) is 6.48. The van der Waals surface area contributed by atoms with Gasteiger partial charge in [-0.05, 0) is 38.7 Å². The van der Waals surface area contributed by atoms with E-state index in [9.17, 15) is 4.79 Å². The Morgan fingerprint density at radius 3 is 2.47 bits per heavy atom. The minimum atomic E-state index is 0.0214. The predicted molar refractivity (Wildman–Crippen MR) is 71.3 cm³/mol. The zero-order valence-corrected chi connectivity index (χ0v) is 11.0. The fraction of sp³-hybridized carbons (Fsp3) is 0.643. The van der Waals surface area contributed by atoms with Gasteiger partial charge in [-0.1, -0.05) is 25.3 Å². The van der Waals surface area contributed by atoms with Crippen LogP contribution in [0.25, 0.3) is 0 Å². The number of nitrogens with two attached hydrogens (primary N) is 1. The maximum Gasteiger partial charge on any atom is 0.246 e. The van der Waals surface area contributed by atoms with Crippen molar-refractivity contribution in [3.05, 3.63) is 23.4 Å². The molecule has 3 nitrogen and oxygen atoms in total. The first kappa shape index (κ1) is 13.8. The molecule has 1 rings (SSSR count). The molecule has 1 saturated carbocycles. The van der Waals surface area contributed by atoms with Crippen molar-refractivity contribution in [2.24, 2.45) is 11.7 Å². The minimum absolute atomic E-state index is 0.0214. The van der Waals surface area contributed by atoms with E-state index in [0.29, 0.717) is 17.2 Å². The van der Waals surface area contributed by atoms with Crippen molar-refractivity contribution in [2.75, 3.05) is 6.54 Å². The van der Waals surface area contributed by atoms with E-state index in [1.54, 1.807) is 12.2 Å². The molecule has 1 amide bonds. The molecule has 17 heavy (non-hydrogen) atoms. The maximum atomic E-state index is 11.7. The van der Waals surface area contributed by atoms with Crippen molar-refractivity contribution >= 4 is 5.91 Å². The number of amides is 1. The summed E-state index contributed by atoms with van der Waals surface area (Å²) in [6.45, 7) is 4.44. The number of carbonyl (C=O) groups excluding carboxylic acids is 1. The molecule has 3 heteroatoms. The largest absolute Gasteiger partial charge is 0.402 e. The van der Waals surface area contributed by atoms with E-state index in [4.69, 9.17) is 5.73 Å². The van der Waals surface area contributed by atoms with Crippen molar-refractivity contribution in [3.63, 3.8) is 0 Å². The summed E-state index contributed by atoms with van der Waals surface area (Å²) in [4.78, 5) is 11.7. The van der Waals surface area contributed by atoms with Gasteiger partial charge >= 0.3 is 0 Å². The van der Waals surface area contributed by atoms with Crippen LogP contribution in [0.5, 0.6) is 0 Å². The van der Waals surface area contributed by atoms with Crippen LogP contribution in [0.2, 0.25) is 0 Å². The van der Waals surface area contributed by atoms with Crippen LogP contribution in [0.1, 0.15) is 46.0 Å². The molecule has 0 aliphatic heterocycles. The molecule has 0 radical (unpaired) electrons. The van der Waals surface area contributed by atoms with E-state index >= 15 is 0 Å². The topological polar surface area (TPSA) is 55.1 Å². The highest BCUT2D eigenvalue weighted by Crippen LogP contribution is 2.22. The lowest BCUT2D eigenvalue weighted by atomic mass is 9.89. The van der Waals surface area contributed by atoms with Crippen molar-refractivity contribution in [1.29, 1.82) is 0 Å². The van der Waals surface area contributed by atoms with Crippen LogP contribution in [0, 0.1) is 5.92 Å². The van der Waals surface area contributed by atoms with Crippen LogP contribution in [0.15, 0.2) is 23.4 Å². The van der Waals surface area contributed by atoms with Gasteiger partial charge in [-0.25, -0.2) is 0 Å². The average Bonchev–Trinajstić information content (AvgIpc) is 2.34. The van der Waals surface area contributed by atoms with E-state index in [0.717, 1.165) is 6.54 Å². The molecule has 0 bridgehead atoms. The fourth-order valence-corrected chi connectivity index (χ4v) is 2.10. The fourth-order valence-electron chi connectivity index (χ4n) is 2.10. The SMILES string of the molecule is C/C(N)=C/C=C(\C)C(=O)NCC1CCCCC1. The van der Waals surface area contributed by atoms with Crippen LogP contribution in [0.4, 0.5) is 0 Å². The lowest BCUT2D eigenvalue weighted by Gasteiger charge is -2.21. The quantitative estimate of drug-likeness (QED) is 0.582. The Morgan fingerprint density at radius 2 is 1.88 bits per heavy atom. The zero-order valence-electron chi connectivity index (χ0n) is 11.0. The monoisotopic (exact) mass is 236 g/mol. The lowest BCUT2D eigenvalue weighted by Crippen LogP contribution is -2.30. The van der Waals surface area contributed by atoms with E-state index in [-0.39, 0.29) is 5.91 Å². The highest BCUT2D eigenvalue weighted by molar-refractivity contribution is 5.93. The van der Waals surface area contributed by atoms with E-state index in [1.807, 2.05) is 13.8 Å². The van der Waals surface area contributed by atoms with Gasteiger partial charge in [-0.2, -0.15) is 0 Å². The van der Waals surface area contributed by atoms with Gasteiger partial charge in [0.25, 0.3) is 0 Å². The van der Waals surface area contributed by atoms with Crippen molar-refractivity contribution in [2.45, 2.75) is 46.0 Å². The molecule has 0 unspecified atom stereocenters. The Labute approximate surface area is 104 Å². The molecular weight excluding hydrogens is 212 g/mol. The van der Waals surface area contributed by atoms with Gasteiger partial charge in [0.05, 0.1) is 0 Å². The van der Waals surface area contributed by atoms with E-state index in [1.165, 1.54) is 32.1 Å². The molecule has 3 N–H and O–H groups in total. The third kappa shape index (κ3) is 5.57. The maximum absolute atomic E-state index is 11.7. The molecular formula is C14H24N2O. The first-order valence-corrected chi connectivity index (χ1v) is 6.48. The number of nitrogens with one attached hydrogen (secondary N) is 1. The summed E-state index contributed by atoms with van der Waals surface area (Å²) in [6, 6.07) is 0. The summed E-state index contributed by atoms with van der Waals surface area (Å²) in [5.74, 6) is 0.695. The molecule has 0 heterocycles. The van der Waals surface area contributed by atoms with Crippen LogP contribution in [0.3, 0.4) is 0 Å². The second-order valence-electron chi connectivity index (χ2n) is 4.97. The average molecular weight is 236 g/mol. The zero-order chi connectivity index (χ0) is 12.7. The van der Waals surface area contributed by atoms with Gasteiger partial charge in [-0.15, -0.1) is 0 Å². The molecule has 0 saturated heterocycles. The second-order valence-corrected chi connectivity index (χ2v) is 4.97. The number of hydrogen-bond donors (Lipinski definition) is 2. The smallest absolute Gasteiger partial charge is 0.246 e. The number of hydrogen-bond acceptors (Lipinski definition) is 2. The van der Waals surface area contributed by atoms with Crippen molar-refractivity contribution in [1.82, 2.24) is 5.32 Å².